The molecule has 2 aromatic carbocycles. The predicted molar refractivity (Wildman–Crippen MR) is 118 cm³/mol. The van der Waals surface area contributed by atoms with Crippen LogP contribution in [0.2, 0.25) is 5.02 Å². The van der Waals surface area contributed by atoms with E-state index in [2.05, 4.69) is 29.6 Å². The predicted octanol–water partition coefficient (Wildman–Crippen LogP) is 4.65. The van der Waals surface area contributed by atoms with Crippen LogP contribution in [0.1, 0.15) is 22.8 Å². The van der Waals surface area contributed by atoms with Gasteiger partial charge in [-0.15, -0.1) is 24.2 Å². The summed E-state index contributed by atoms with van der Waals surface area (Å²) < 4.78 is 0. The fourth-order valence-electron chi connectivity index (χ4n) is 3.41. The minimum absolute atomic E-state index is 0. The first kappa shape index (κ1) is 22.1. The van der Waals surface area contributed by atoms with Crippen LogP contribution in [0.4, 0.5) is 0 Å². The molecule has 3 nitrogen and oxygen atoms in total. The molecule has 6 heteroatoms. The second-order valence-corrected chi connectivity index (χ2v) is 8.24. The molecule has 0 aliphatic carbocycles. The number of benzene rings is 2. The molecular weight excluding hydrogens is 399 g/mol. The number of amides is 1. The molecule has 0 spiro atoms. The summed E-state index contributed by atoms with van der Waals surface area (Å²) in [5.74, 6) is 1.31. The number of rotatable bonds is 7. The van der Waals surface area contributed by atoms with Gasteiger partial charge in [0.15, 0.2) is 0 Å². The Kier molecular flexibility index (Phi) is 8.97. The zero-order chi connectivity index (χ0) is 18.4. The second kappa shape index (κ2) is 11.0. The Balaban J connectivity index is 0.00000261. The van der Waals surface area contributed by atoms with Gasteiger partial charge in [0, 0.05) is 18.1 Å². The van der Waals surface area contributed by atoms with Crippen LogP contribution >= 0.6 is 35.8 Å². The maximum atomic E-state index is 12.7. The molecule has 146 valence electrons. The van der Waals surface area contributed by atoms with Gasteiger partial charge in [-0.2, -0.15) is 0 Å². The van der Waals surface area contributed by atoms with Gasteiger partial charge in [0.2, 0.25) is 5.91 Å². The molecule has 2 atom stereocenters. The van der Waals surface area contributed by atoms with Gasteiger partial charge in [-0.1, -0.05) is 54.1 Å². The van der Waals surface area contributed by atoms with E-state index in [-0.39, 0.29) is 23.6 Å². The number of nitrogens with one attached hydrogen (secondary N) is 1. The molecule has 3 rings (SSSR count). The number of carbonyl (C=O) groups excluding carboxylic acids is 1. The smallest absolute Gasteiger partial charge is 0.232 e. The summed E-state index contributed by atoms with van der Waals surface area (Å²) >= 11 is 7.74. The Morgan fingerprint density at radius 1 is 1.19 bits per heavy atom. The lowest BCUT2D eigenvalue weighted by Gasteiger charge is -2.21. The van der Waals surface area contributed by atoms with Crippen LogP contribution < -0.4 is 5.32 Å². The molecule has 1 saturated heterocycles. The summed E-state index contributed by atoms with van der Waals surface area (Å²) in [5.41, 5.74) is 2.38. The van der Waals surface area contributed by atoms with Crippen LogP contribution in [0.5, 0.6) is 0 Å². The van der Waals surface area contributed by atoms with E-state index in [0.29, 0.717) is 11.7 Å². The Hall–Kier alpha value is -1.20. The molecular formula is C21H26Cl2N2OS. The lowest BCUT2D eigenvalue weighted by atomic mass is 10.0. The summed E-state index contributed by atoms with van der Waals surface area (Å²) in [6.45, 7) is 2.73. The van der Waals surface area contributed by atoms with Crippen LogP contribution in [0.3, 0.4) is 0 Å². The minimum atomic E-state index is 0. The highest BCUT2D eigenvalue weighted by Gasteiger charge is 2.26. The average Bonchev–Trinajstić information content (AvgIpc) is 3.13. The van der Waals surface area contributed by atoms with Crippen LogP contribution in [-0.4, -0.2) is 43.2 Å². The molecule has 0 saturated carbocycles. The highest BCUT2D eigenvalue weighted by Crippen LogP contribution is 2.36. The van der Waals surface area contributed by atoms with Gasteiger partial charge in [-0.05, 0) is 49.2 Å². The van der Waals surface area contributed by atoms with E-state index in [4.69, 9.17) is 11.6 Å². The van der Waals surface area contributed by atoms with Gasteiger partial charge in [-0.25, -0.2) is 0 Å². The lowest BCUT2D eigenvalue weighted by Crippen LogP contribution is -2.31. The highest BCUT2D eigenvalue weighted by atomic mass is 35.5. The first-order valence-electron chi connectivity index (χ1n) is 9.01. The van der Waals surface area contributed by atoms with Crippen molar-refractivity contribution in [3.63, 3.8) is 0 Å². The number of carbonyl (C=O) groups is 1. The number of nitrogens with zero attached hydrogens (tertiary/aromatic N) is 1. The molecule has 1 aliphatic heterocycles. The average molecular weight is 425 g/mol. The molecule has 0 bridgehead atoms. The van der Waals surface area contributed by atoms with Crippen LogP contribution in [-0.2, 0) is 4.79 Å². The Morgan fingerprint density at radius 3 is 2.52 bits per heavy atom. The standard InChI is InChI=1S/C21H25ClN2OS.ClH/c1-23-13-16-11-12-24(14-16)20(25)15-26-21(17-5-3-2-4-6-17)18-7-9-19(22)10-8-18;/h2-10,16,21,23H,11-15H2,1H3;1H. The molecule has 2 unspecified atom stereocenters. The normalized spacial score (nSPS) is 17.4. The van der Waals surface area contributed by atoms with Gasteiger partial charge in [0.05, 0.1) is 11.0 Å². The Labute approximate surface area is 177 Å². The number of thioether (sulfide) groups is 1. The van der Waals surface area contributed by atoms with Gasteiger partial charge >= 0.3 is 0 Å². The molecule has 0 aromatic heterocycles. The summed E-state index contributed by atoms with van der Waals surface area (Å²) in [4.78, 5) is 14.7. The minimum Gasteiger partial charge on any atom is -0.342 e. The van der Waals surface area contributed by atoms with E-state index >= 15 is 0 Å². The van der Waals surface area contributed by atoms with Gasteiger partial charge in [0.25, 0.3) is 0 Å². The molecule has 2 aromatic rings. The monoisotopic (exact) mass is 424 g/mol. The molecule has 0 radical (unpaired) electrons. The molecule has 27 heavy (non-hydrogen) atoms. The lowest BCUT2D eigenvalue weighted by molar-refractivity contribution is -0.127. The molecule has 1 heterocycles. The van der Waals surface area contributed by atoms with Crippen molar-refractivity contribution in [1.82, 2.24) is 10.2 Å². The third kappa shape index (κ3) is 6.15. The summed E-state index contributed by atoms with van der Waals surface area (Å²) in [5, 5.41) is 4.08. The fourth-order valence-corrected chi connectivity index (χ4v) is 4.73. The van der Waals surface area contributed by atoms with Crippen molar-refractivity contribution in [2.75, 3.05) is 32.4 Å². The van der Waals surface area contributed by atoms with Crippen molar-refractivity contribution in [2.45, 2.75) is 11.7 Å². The van der Waals surface area contributed by atoms with Crippen molar-refractivity contribution in [1.29, 1.82) is 0 Å². The first-order chi connectivity index (χ1) is 12.7. The quantitative estimate of drug-likeness (QED) is 0.701. The van der Waals surface area contributed by atoms with Crippen molar-refractivity contribution < 1.29 is 4.79 Å². The maximum Gasteiger partial charge on any atom is 0.232 e. The van der Waals surface area contributed by atoms with Crippen molar-refractivity contribution in [2.24, 2.45) is 5.92 Å². The van der Waals surface area contributed by atoms with E-state index in [9.17, 15) is 4.79 Å². The Bertz CT molecular complexity index is 712. The zero-order valence-electron chi connectivity index (χ0n) is 15.4. The van der Waals surface area contributed by atoms with Gasteiger partial charge in [0.1, 0.15) is 0 Å². The van der Waals surface area contributed by atoms with Crippen LogP contribution in [0.25, 0.3) is 0 Å². The van der Waals surface area contributed by atoms with Gasteiger partial charge in [-0.3, -0.25) is 4.79 Å². The SMILES string of the molecule is CNCC1CCN(C(=O)CSC(c2ccccc2)c2ccc(Cl)cc2)C1.Cl. The van der Waals surface area contributed by atoms with Crippen molar-refractivity contribution in [3.05, 3.63) is 70.7 Å². The van der Waals surface area contributed by atoms with Crippen molar-refractivity contribution >= 4 is 41.7 Å². The topological polar surface area (TPSA) is 32.3 Å². The number of halogens is 2. The largest absolute Gasteiger partial charge is 0.342 e. The van der Waals surface area contributed by atoms with E-state index < -0.39 is 0 Å². The van der Waals surface area contributed by atoms with E-state index in [1.165, 1.54) is 11.1 Å². The number of hydrogen-bond donors (Lipinski definition) is 1. The summed E-state index contributed by atoms with van der Waals surface area (Å²) in [6, 6.07) is 18.3. The number of hydrogen-bond acceptors (Lipinski definition) is 3. The van der Waals surface area contributed by atoms with Crippen LogP contribution in [0.15, 0.2) is 54.6 Å². The van der Waals surface area contributed by atoms with Crippen molar-refractivity contribution in [3.8, 4) is 0 Å². The molecule has 1 aliphatic rings. The molecule has 1 N–H and O–H groups in total. The zero-order valence-corrected chi connectivity index (χ0v) is 17.8. The Morgan fingerprint density at radius 2 is 1.85 bits per heavy atom. The molecule has 1 amide bonds. The highest BCUT2D eigenvalue weighted by molar-refractivity contribution is 8.00. The second-order valence-electron chi connectivity index (χ2n) is 6.71. The van der Waals surface area contributed by atoms with Gasteiger partial charge < -0.3 is 10.2 Å². The maximum absolute atomic E-state index is 12.7. The third-order valence-electron chi connectivity index (χ3n) is 4.78. The summed E-state index contributed by atoms with van der Waals surface area (Å²) in [7, 11) is 1.97. The fraction of sp³-hybridized carbons (Fsp3) is 0.381. The van der Waals surface area contributed by atoms with Crippen LogP contribution in [0, 0.1) is 5.92 Å². The summed E-state index contributed by atoms with van der Waals surface area (Å²) in [6.07, 6.45) is 1.09. The number of likely N-dealkylation sites (tertiary alicyclic amines) is 1. The first-order valence-corrected chi connectivity index (χ1v) is 10.4. The third-order valence-corrected chi connectivity index (χ3v) is 6.32. The van der Waals surface area contributed by atoms with E-state index in [0.717, 1.165) is 31.1 Å². The molecule has 1 fully saturated rings. The van der Waals surface area contributed by atoms with E-state index in [1.807, 2.05) is 42.3 Å². The van der Waals surface area contributed by atoms with E-state index in [1.54, 1.807) is 11.8 Å².